The fourth-order valence-electron chi connectivity index (χ4n) is 5.04. The van der Waals surface area contributed by atoms with Crippen LogP contribution < -0.4 is 15.7 Å². The molecular weight excluding hydrogens is 462 g/mol. The van der Waals surface area contributed by atoms with Crippen LogP contribution in [0.2, 0.25) is 5.04 Å². The van der Waals surface area contributed by atoms with Crippen molar-refractivity contribution >= 4 is 34.6 Å². The fourth-order valence-corrected chi connectivity index (χ4v) is 10.2. The SMILES string of the molecule is CC1NC(CO[Si](c2ccccc2)(c2ccccc2)C(C)(C)C)Cc2c(Br)cccc21. The molecule has 2 unspecified atom stereocenters. The summed E-state index contributed by atoms with van der Waals surface area (Å²) in [7, 11) is -2.51. The van der Waals surface area contributed by atoms with E-state index in [1.54, 1.807) is 0 Å². The van der Waals surface area contributed by atoms with Crippen LogP contribution in [0.25, 0.3) is 0 Å². The topological polar surface area (TPSA) is 21.3 Å². The Morgan fingerprint density at radius 3 is 2.03 bits per heavy atom. The molecule has 0 bridgehead atoms. The minimum absolute atomic E-state index is 0.00548. The molecule has 4 heteroatoms. The average molecular weight is 495 g/mol. The van der Waals surface area contributed by atoms with Crippen molar-refractivity contribution in [2.45, 2.75) is 51.2 Å². The van der Waals surface area contributed by atoms with Crippen LogP contribution in [0.4, 0.5) is 0 Å². The van der Waals surface area contributed by atoms with Crippen LogP contribution in [0.15, 0.2) is 83.3 Å². The zero-order valence-corrected chi connectivity index (χ0v) is 21.4. The first kappa shape index (κ1) is 22.5. The Bertz CT molecular complexity index is 977. The van der Waals surface area contributed by atoms with Crippen molar-refractivity contribution in [3.8, 4) is 0 Å². The highest BCUT2D eigenvalue weighted by molar-refractivity contribution is 9.10. The number of rotatable bonds is 5. The Kier molecular flexibility index (Phi) is 6.54. The molecule has 1 heterocycles. The largest absolute Gasteiger partial charge is 0.406 e. The van der Waals surface area contributed by atoms with Crippen molar-refractivity contribution in [1.29, 1.82) is 0 Å². The lowest BCUT2D eigenvalue weighted by Crippen LogP contribution is -2.67. The molecule has 2 nitrogen and oxygen atoms in total. The third-order valence-corrected chi connectivity index (χ3v) is 12.2. The first-order valence-electron chi connectivity index (χ1n) is 11.1. The molecule has 0 aromatic heterocycles. The fraction of sp³-hybridized carbons (Fsp3) is 0.333. The maximum atomic E-state index is 7.17. The molecular formula is C27H32BrNOSi. The molecule has 1 aliphatic heterocycles. The Labute approximate surface area is 196 Å². The highest BCUT2D eigenvalue weighted by Gasteiger charge is 2.50. The Hall–Kier alpha value is -1.72. The number of benzene rings is 3. The van der Waals surface area contributed by atoms with Crippen LogP contribution in [0, 0.1) is 0 Å². The van der Waals surface area contributed by atoms with E-state index in [0.29, 0.717) is 12.6 Å². The van der Waals surface area contributed by atoms with E-state index in [4.69, 9.17) is 4.43 Å². The summed E-state index contributed by atoms with van der Waals surface area (Å²) < 4.78 is 8.37. The molecule has 162 valence electrons. The highest BCUT2D eigenvalue weighted by Crippen LogP contribution is 2.37. The molecule has 3 aromatic rings. The van der Waals surface area contributed by atoms with Gasteiger partial charge in [-0.2, -0.15) is 0 Å². The minimum Gasteiger partial charge on any atom is -0.406 e. The molecule has 3 aromatic carbocycles. The normalized spacial score (nSPS) is 19.1. The van der Waals surface area contributed by atoms with E-state index in [0.717, 1.165) is 6.42 Å². The molecule has 4 rings (SSSR count). The predicted molar refractivity (Wildman–Crippen MR) is 137 cm³/mol. The number of hydrogen-bond donors (Lipinski definition) is 1. The maximum absolute atomic E-state index is 7.17. The summed E-state index contributed by atoms with van der Waals surface area (Å²) in [5, 5.41) is 6.46. The minimum atomic E-state index is -2.51. The lowest BCUT2D eigenvalue weighted by atomic mass is 9.91. The second kappa shape index (κ2) is 9.03. The van der Waals surface area contributed by atoms with Gasteiger partial charge in [-0.15, -0.1) is 0 Å². The van der Waals surface area contributed by atoms with Crippen molar-refractivity contribution in [3.05, 3.63) is 94.5 Å². The lowest BCUT2D eigenvalue weighted by molar-refractivity contribution is 0.233. The van der Waals surface area contributed by atoms with Crippen molar-refractivity contribution < 1.29 is 4.43 Å². The first-order chi connectivity index (χ1) is 14.8. The van der Waals surface area contributed by atoms with Gasteiger partial charge in [-0.1, -0.05) is 109 Å². The van der Waals surface area contributed by atoms with E-state index in [1.165, 1.54) is 26.0 Å². The average Bonchev–Trinajstić information content (AvgIpc) is 2.76. The standard InChI is InChI=1S/C27H32BrNOSi/c1-20-24-16-11-17-26(28)25(24)18-21(29-20)19-30-31(27(2,3)4,22-12-7-5-8-13-22)23-14-9-6-10-15-23/h5-17,20-21,29H,18-19H2,1-4H3. The summed E-state index contributed by atoms with van der Waals surface area (Å²) in [4.78, 5) is 0. The zero-order valence-electron chi connectivity index (χ0n) is 18.9. The van der Waals surface area contributed by atoms with E-state index in [-0.39, 0.29) is 11.1 Å². The highest BCUT2D eigenvalue weighted by atomic mass is 79.9. The quantitative estimate of drug-likeness (QED) is 0.466. The van der Waals surface area contributed by atoms with Gasteiger partial charge in [0.15, 0.2) is 0 Å². The molecule has 1 N–H and O–H groups in total. The molecule has 0 spiro atoms. The number of hydrogen-bond acceptors (Lipinski definition) is 2. The van der Waals surface area contributed by atoms with Crippen LogP contribution in [-0.4, -0.2) is 21.0 Å². The third kappa shape index (κ3) is 4.31. The van der Waals surface area contributed by atoms with Crippen LogP contribution in [0.1, 0.15) is 44.9 Å². The van der Waals surface area contributed by atoms with Crippen molar-refractivity contribution in [1.82, 2.24) is 5.32 Å². The lowest BCUT2D eigenvalue weighted by Gasteiger charge is -2.44. The predicted octanol–water partition coefficient (Wildman–Crippen LogP) is 5.60. The summed E-state index contributed by atoms with van der Waals surface area (Å²) in [6.07, 6.45) is 0.972. The number of halogens is 1. The van der Waals surface area contributed by atoms with Crippen molar-refractivity contribution in [3.63, 3.8) is 0 Å². The van der Waals surface area contributed by atoms with Gasteiger partial charge in [-0.05, 0) is 45.9 Å². The molecule has 1 aliphatic rings. The summed E-state index contributed by atoms with van der Waals surface area (Å²) in [5.74, 6) is 0. The van der Waals surface area contributed by atoms with E-state index < -0.39 is 8.32 Å². The van der Waals surface area contributed by atoms with Crippen molar-refractivity contribution in [2.24, 2.45) is 0 Å². The molecule has 31 heavy (non-hydrogen) atoms. The van der Waals surface area contributed by atoms with E-state index in [1.807, 2.05) is 0 Å². The molecule has 0 amide bonds. The Morgan fingerprint density at radius 1 is 0.903 bits per heavy atom. The van der Waals surface area contributed by atoms with Gasteiger partial charge in [0.1, 0.15) is 0 Å². The van der Waals surface area contributed by atoms with Gasteiger partial charge in [0.05, 0.1) is 6.61 Å². The van der Waals surface area contributed by atoms with Crippen LogP contribution in [0.3, 0.4) is 0 Å². The molecule has 0 saturated carbocycles. The zero-order chi connectivity index (χ0) is 22.1. The number of fused-ring (bicyclic) bond motifs is 1. The van der Waals surface area contributed by atoms with E-state index >= 15 is 0 Å². The Balaban J connectivity index is 1.70. The van der Waals surface area contributed by atoms with Gasteiger partial charge in [0.2, 0.25) is 0 Å². The van der Waals surface area contributed by atoms with Crippen LogP contribution >= 0.6 is 15.9 Å². The van der Waals surface area contributed by atoms with Crippen LogP contribution in [0.5, 0.6) is 0 Å². The van der Waals surface area contributed by atoms with Gasteiger partial charge >= 0.3 is 0 Å². The van der Waals surface area contributed by atoms with Gasteiger partial charge in [0, 0.05) is 16.6 Å². The van der Waals surface area contributed by atoms with Gasteiger partial charge in [0.25, 0.3) is 8.32 Å². The second-order valence-corrected chi connectivity index (χ2v) is 14.7. The monoisotopic (exact) mass is 493 g/mol. The molecule has 0 fully saturated rings. The maximum Gasteiger partial charge on any atom is 0.261 e. The summed E-state index contributed by atoms with van der Waals surface area (Å²) in [5.41, 5.74) is 2.79. The van der Waals surface area contributed by atoms with Crippen LogP contribution in [-0.2, 0) is 10.8 Å². The van der Waals surface area contributed by atoms with Gasteiger partial charge in [-0.25, -0.2) is 0 Å². The molecule has 0 radical (unpaired) electrons. The third-order valence-electron chi connectivity index (χ3n) is 6.48. The second-order valence-electron chi connectivity index (χ2n) is 9.57. The van der Waals surface area contributed by atoms with Crippen molar-refractivity contribution in [2.75, 3.05) is 6.61 Å². The molecule has 0 aliphatic carbocycles. The Morgan fingerprint density at radius 2 is 1.48 bits per heavy atom. The van der Waals surface area contributed by atoms with E-state index in [9.17, 15) is 0 Å². The molecule has 0 saturated heterocycles. The first-order valence-corrected chi connectivity index (χ1v) is 13.8. The van der Waals surface area contributed by atoms with Gasteiger partial charge in [-0.3, -0.25) is 0 Å². The number of nitrogens with one attached hydrogen (secondary N) is 1. The smallest absolute Gasteiger partial charge is 0.261 e. The van der Waals surface area contributed by atoms with E-state index in [2.05, 4.69) is 128 Å². The molecule has 2 atom stereocenters. The van der Waals surface area contributed by atoms with Gasteiger partial charge < -0.3 is 9.74 Å². The summed E-state index contributed by atoms with van der Waals surface area (Å²) in [6.45, 7) is 9.95. The summed E-state index contributed by atoms with van der Waals surface area (Å²) >= 11 is 3.77. The summed E-state index contributed by atoms with van der Waals surface area (Å²) in [6, 6.07) is 28.9.